The molecule has 270 valence electrons. The number of aromatic nitrogens is 1. The van der Waals surface area contributed by atoms with Gasteiger partial charge in [0, 0.05) is 16.3 Å². The Labute approximate surface area is 318 Å². The van der Waals surface area contributed by atoms with Crippen molar-refractivity contribution < 1.29 is 0 Å². The van der Waals surface area contributed by atoms with Crippen LogP contribution in [0.2, 0.25) is 0 Å². The van der Waals surface area contributed by atoms with E-state index >= 15 is 0 Å². The first-order chi connectivity index (χ1) is 24.8. The number of rotatable bonds is 4. The summed E-state index contributed by atoms with van der Waals surface area (Å²) in [6.07, 6.45) is 0. The average Bonchev–Trinajstić information content (AvgIpc) is 3.43. The number of para-hydroxylation sites is 1. The number of hydrogen-bond acceptors (Lipinski definition) is 0. The molecule has 0 aliphatic rings. The second-order valence-electron chi connectivity index (χ2n) is 19.3. The molecule has 0 bridgehead atoms. The number of hydrogen-bond donors (Lipinski definition) is 0. The second-order valence-corrected chi connectivity index (χ2v) is 19.3. The fraction of sp³-hybridized carbons (Fsp3) is 0.308. The highest BCUT2D eigenvalue weighted by molar-refractivity contribution is 6.12. The van der Waals surface area contributed by atoms with Crippen LogP contribution in [0.1, 0.15) is 105 Å². The van der Waals surface area contributed by atoms with Crippen molar-refractivity contribution >= 4 is 21.8 Å². The van der Waals surface area contributed by atoms with Gasteiger partial charge in [-0.05, 0) is 102 Å². The summed E-state index contributed by atoms with van der Waals surface area (Å²) in [5, 5.41) is 2.53. The van der Waals surface area contributed by atoms with Crippen molar-refractivity contribution in [1.82, 2.24) is 4.57 Å². The Morgan fingerprint density at radius 3 is 1.09 bits per heavy atom. The minimum Gasteiger partial charge on any atom is -0.309 e. The van der Waals surface area contributed by atoms with Crippen molar-refractivity contribution in [2.24, 2.45) is 0 Å². The van der Waals surface area contributed by atoms with Crippen LogP contribution in [0, 0.1) is 0 Å². The number of benzene rings is 6. The van der Waals surface area contributed by atoms with Gasteiger partial charge in [0.1, 0.15) is 0 Å². The molecule has 1 heterocycles. The van der Waals surface area contributed by atoms with E-state index in [1.807, 2.05) is 0 Å². The fourth-order valence-electron chi connectivity index (χ4n) is 7.49. The van der Waals surface area contributed by atoms with Gasteiger partial charge in [0.2, 0.25) is 0 Å². The van der Waals surface area contributed by atoms with E-state index in [0.29, 0.717) is 0 Å². The molecule has 0 fully saturated rings. The van der Waals surface area contributed by atoms with Crippen LogP contribution in [0.3, 0.4) is 0 Å². The van der Waals surface area contributed by atoms with Gasteiger partial charge in [-0.25, -0.2) is 0 Å². The quantitative estimate of drug-likeness (QED) is 0.173. The Morgan fingerprint density at radius 1 is 0.321 bits per heavy atom. The van der Waals surface area contributed by atoms with E-state index in [9.17, 15) is 0 Å². The lowest BCUT2D eigenvalue weighted by molar-refractivity contribution is 0.568. The molecule has 0 N–H and O–H groups in total. The van der Waals surface area contributed by atoms with Gasteiger partial charge in [-0.3, -0.25) is 0 Å². The predicted molar refractivity (Wildman–Crippen MR) is 232 cm³/mol. The van der Waals surface area contributed by atoms with Crippen molar-refractivity contribution in [2.75, 3.05) is 0 Å². The monoisotopic (exact) mass is 695 g/mol. The van der Waals surface area contributed by atoms with Gasteiger partial charge in [-0.1, -0.05) is 180 Å². The standard InChI is InChI=1S/C52H57N/c1-49(2,3)39-26-37(27-40(32-39)50(4,5)6)35-22-24-47-44(30-35)45-31-36(38-28-41(51(7,8)9)33-42(29-38)52(10,11)12)23-25-48(45)53(47)46-21-17-16-20-43(46)34-18-14-13-15-19-34/h13-33H,1-12H3. The molecule has 7 rings (SSSR count). The molecular weight excluding hydrogens is 639 g/mol. The van der Waals surface area contributed by atoms with Crippen molar-refractivity contribution in [3.05, 3.63) is 150 Å². The molecule has 53 heavy (non-hydrogen) atoms. The van der Waals surface area contributed by atoms with E-state index in [0.717, 1.165) is 0 Å². The first kappa shape index (κ1) is 36.5. The highest BCUT2D eigenvalue weighted by atomic mass is 15.0. The summed E-state index contributed by atoms with van der Waals surface area (Å²) in [6.45, 7) is 27.8. The molecule has 1 heteroatoms. The van der Waals surface area contributed by atoms with Gasteiger partial charge >= 0.3 is 0 Å². The summed E-state index contributed by atoms with van der Waals surface area (Å²) in [4.78, 5) is 0. The highest BCUT2D eigenvalue weighted by Gasteiger charge is 2.24. The Bertz CT molecular complexity index is 2260. The first-order valence-electron chi connectivity index (χ1n) is 19.3. The van der Waals surface area contributed by atoms with Gasteiger partial charge < -0.3 is 4.57 Å². The molecule has 0 aliphatic heterocycles. The maximum Gasteiger partial charge on any atom is 0.0541 e. The van der Waals surface area contributed by atoms with Gasteiger partial charge in [0.05, 0.1) is 16.7 Å². The maximum absolute atomic E-state index is 2.48. The smallest absolute Gasteiger partial charge is 0.0541 e. The van der Waals surface area contributed by atoms with E-state index in [-0.39, 0.29) is 21.7 Å². The molecule has 0 aliphatic carbocycles. The van der Waals surface area contributed by atoms with Crippen LogP contribution >= 0.6 is 0 Å². The first-order valence-corrected chi connectivity index (χ1v) is 19.3. The van der Waals surface area contributed by atoms with Crippen LogP contribution in [-0.4, -0.2) is 4.57 Å². The molecule has 0 atom stereocenters. The SMILES string of the molecule is CC(C)(C)c1cc(-c2ccc3c(c2)c2cc(-c4cc(C(C)(C)C)cc(C(C)(C)C)c4)ccc2n3-c2ccccc2-c2ccccc2)cc(C(C)(C)C)c1. The van der Waals surface area contributed by atoms with E-state index in [1.165, 1.54) is 83.1 Å². The summed E-state index contributed by atoms with van der Waals surface area (Å²) >= 11 is 0. The molecule has 0 spiro atoms. The van der Waals surface area contributed by atoms with Crippen LogP contribution in [0.5, 0.6) is 0 Å². The fourth-order valence-corrected chi connectivity index (χ4v) is 7.49. The van der Waals surface area contributed by atoms with Crippen LogP contribution in [0.15, 0.2) is 127 Å². The van der Waals surface area contributed by atoms with E-state index in [4.69, 9.17) is 0 Å². The third-order valence-corrected chi connectivity index (χ3v) is 11.0. The van der Waals surface area contributed by atoms with Gasteiger partial charge in [0.25, 0.3) is 0 Å². The molecular formula is C52H57N. The van der Waals surface area contributed by atoms with E-state index in [1.54, 1.807) is 0 Å². The van der Waals surface area contributed by atoms with E-state index < -0.39 is 0 Å². The summed E-state index contributed by atoms with van der Waals surface area (Å²) < 4.78 is 2.48. The number of fused-ring (bicyclic) bond motifs is 3. The number of nitrogens with zero attached hydrogens (tertiary/aromatic N) is 1. The largest absolute Gasteiger partial charge is 0.309 e. The lowest BCUT2D eigenvalue weighted by Gasteiger charge is -2.26. The maximum atomic E-state index is 2.48. The third kappa shape index (κ3) is 7.11. The van der Waals surface area contributed by atoms with Crippen LogP contribution in [-0.2, 0) is 21.7 Å². The molecule has 0 unspecified atom stereocenters. The molecule has 0 amide bonds. The highest BCUT2D eigenvalue weighted by Crippen LogP contribution is 2.42. The Kier molecular flexibility index (Phi) is 8.88. The van der Waals surface area contributed by atoms with Crippen LogP contribution < -0.4 is 0 Å². The molecule has 1 aromatic heterocycles. The Balaban J connectivity index is 1.54. The minimum absolute atomic E-state index is 0.0414. The van der Waals surface area contributed by atoms with Crippen LogP contribution in [0.25, 0.3) is 60.9 Å². The van der Waals surface area contributed by atoms with Gasteiger partial charge in [-0.2, -0.15) is 0 Å². The second kappa shape index (κ2) is 12.9. The summed E-state index contributed by atoms with van der Waals surface area (Å²) in [6, 6.07) is 48.4. The van der Waals surface area contributed by atoms with Crippen LogP contribution in [0.4, 0.5) is 0 Å². The van der Waals surface area contributed by atoms with E-state index in [2.05, 4.69) is 215 Å². The third-order valence-electron chi connectivity index (χ3n) is 11.0. The summed E-state index contributed by atoms with van der Waals surface area (Å²) in [5.41, 5.74) is 16.8. The molecule has 0 saturated carbocycles. The lowest BCUT2D eigenvalue weighted by atomic mass is 9.78. The topological polar surface area (TPSA) is 4.93 Å². The Morgan fingerprint density at radius 2 is 0.698 bits per heavy atom. The zero-order chi connectivity index (χ0) is 38.1. The van der Waals surface area contributed by atoms with Crippen molar-refractivity contribution in [2.45, 2.75) is 105 Å². The zero-order valence-electron chi connectivity index (χ0n) is 34.1. The Hall–Kier alpha value is -4.88. The van der Waals surface area contributed by atoms with Crippen molar-refractivity contribution in [3.63, 3.8) is 0 Å². The molecule has 0 radical (unpaired) electrons. The van der Waals surface area contributed by atoms with Crippen molar-refractivity contribution in [3.8, 4) is 39.1 Å². The van der Waals surface area contributed by atoms with Gasteiger partial charge in [-0.15, -0.1) is 0 Å². The average molecular weight is 696 g/mol. The van der Waals surface area contributed by atoms with Crippen molar-refractivity contribution in [1.29, 1.82) is 0 Å². The molecule has 6 aromatic carbocycles. The lowest BCUT2D eigenvalue weighted by Crippen LogP contribution is -2.16. The molecule has 1 nitrogen and oxygen atoms in total. The normalized spacial score (nSPS) is 12.9. The predicted octanol–water partition coefficient (Wildman–Crippen LogP) is 15.0. The minimum atomic E-state index is 0.0414. The van der Waals surface area contributed by atoms with Gasteiger partial charge in [0.15, 0.2) is 0 Å². The summed E-state index contributed by atoms with van der Waals surface area (Å²) in [5.74, 6) is 0. The molecule has 7 aromatic rings. The summed E-state index contributed by atoms with van der Waals surface area (Å²) in [7, 11) is 0. The zero-order valence-corrected chi connectivity index (χ0v) is 34.1. The molecule has 0 saturated heterocycles.